The van der Waals surface area contributed by atoms with E-state index in [9.17, 15) is 17.6 Å². The van der Waals surface area contributed by atoms with Crippen LogP contribution in [-0.2, 0) is 5.51 Å². The van der Waals surface area contributed by atoms with Gasteiger partial charge in [-0.25, -0.2) is 4.39 Å². The summed E-state index contributed by atoms with van der Waals surface area (Å²) in [5.74, 6) is -0.598. The van der Waals surface area contributed by atoms with Gasteiger partial charge in [0.1, 0.15) is 16.3 Å². The Hall–Kier alpha value is -1.62. The summed E-state index contributed by atoms with van der Waals surface area (Å²) in [5.41, 5.74) is -4.38. The van der Waals surface area contributed by atoms with Gasteiger partial charge in [-0.2, -0.15) is 0 Å². The first-order valence-electron chi connectivity index (χ1n) is 5.19. The summed E-state index contributed by atoms with van der Waals surface area (Å²) in [6, 6.07) is 10.0. The molecule has 0 saturated carbocycles. The van der Waals surface area contributed by atoms with Crippen LogP contribution in [0.15, 0.2) is 42.5 Å². The lowest BCUT2D eigenvalue weighted by Crippen LogP contribution is -1.95. The van der Waals surface area contributed by atoms with E-state index in [4.69, 9.17) is 0 Å². The minimum absolute atomic E-state index is 0.0312. The SMILES string of the molecule is Fc1cccc2c1c1ccccc1[s+]2C(F)(F)F. The number of fused-ring (bicyclic) bond motifs is 3. The third-order valence-corrected chi connectivity index (χ3v) is 4.84. The van der Waals surface area contributed by atoms with Crippen LogP contribution in [0, 0.1) is 5.82 Å². The topological polar surface area (TPSA) is 0 Å². The summed E-state index contributed by atoms with van der Waals surface area (Å²) in [7, 11) is -2.04. The van der Waals surface area contributed by atoms with Crippen molar-refractivity contribution >= 4 is 30.6 Å². The summed E-state index contributed by atoms with van der Waals surface area (Å²) in [4.78, 5) is 0. The zero-order chi connectivity index (χ0) is 12.9. The van der Waals surface area contributed by atoms with Crippen molar-refractivity contribution in [2.24, 2.45) is 0 Å². The highest BCUT2D eigenvalue weighted by atomic mass is 32.2. The molecule has 5 heteroatoms. The van der Waals surface area contributed by atoms with E-state index in [0.717, 1.165) is 0 Å². The lowest BCUT2D eigenvalue weighted by molar-refractivity contribution is -0.0862. The van der Waals surface area contributed by atoms with Gasteiger partial charge in [-0.05, 0) is 24.3 Å². The number of halogens is 4. The fourth-order valence-electron chi connectivity index (χ4n) is 2.15. The minimum Gasteiger partial charge on any atom is -0.206 e. The molecule has 0 aliphatic heterocycles. The average Bonchev–Trinajstić information content (AvgIpc) is 2.63. The van der Waals surface area contributed by atoms with Crippen LogP contribution in [0.1, 0.15) is 0 Å². The standard InChI is InChI=1S/C13H7F4S/c14-9-5-3-7-11-12(9)8-4-1-2-6-10(8)18(11)13(15,16)17/h1-7H/q+1. The Morgan fingerprint density at radius 2 is 1.50 bits per heavy atom. The maximum Gasteiger partial charge on any atom is 0.601 e. The van der Waals surface area contributed by atoms with E-state index < -0.39 is 21.8 Å². The molecule has 0 saturated heterocycles. The largest absolute Gasteiger partial charge is 0.601 e. The molecule has 0 amide bonds. The zero-order valence-corrected chi connectivity index (χ0v) is 9.78. The Kier molecular flexibility index (Phi) is 2.35. The molecule has 92 valence electrons. The fraction of sp³-hybridized carbons (Fsp3) is 0.0769. The van der Waals surface area contributed by atoms with Gasteiger partial charge in [-0.3, -0.25) is 0 Å². The summed E-state index contributed by atoms with van der Waals surface area (Å²) in [6.07, 6.45) is 0. The number of rotatable bonds is 0. The van der Waals surface area contributed by atoms with E-state index in [1.165, 1.54) is 30.3 Å². The molecule has 2 aromatic carbocycles. The smallest absolute Gasteiger partial charge is 0.206 e. The van der Waals surface area contributed by atoms with Crippen molar-refractivity contribution in [3.8, 4) is 0 Å². The predicted molar refractivity (Wildman–Crippen MR) is 65.2 cm³/mol. The van der Waals surface area contributed by atoms with Gasteiger partial charge < -0.3 is 0 Å². The van der Waals surface area contributed by atoms with Gasteiger partial charge in [0.2, 0.25) is 0 Å². The molecule has 0 aliphatic rings. The Labute approximate surface area is 102 Å². The first kappa shape index (κ1) is 11.5. The molecular formula is C13H7F4S+. The molecule has 18 heavy (non-hydrogen) atoms. The van der Waals surface area contributed by atoms with E-state index in [2.05, 4.69) is 0 Å². The van der Waals surface area contributed by atoms with Crippen LogP contribution in [0.25, 0.3) is 20.2 Å². The second-order valence-corrected chi connectivity index (χ2v) is 5.82. The number of alkyl halides is 3. The Balaban J connectivity index is 2.63. The van der Waals surface area contributed by atoms with E-state index in [1.54, 1.807) is 12.1 Å². The van der Waals surface area contributed by atoms with Gasteiger partial charge in [0.25, 0.3) is 0 Å². The highest BCUT2D eigenvalue weighted by molar-refractivity contribution is 7.43. The number of thiophene rings is 1. The van der Waals surface area contributed by atoms with Gasteiger partial charge in [0.05, 0.1) is 10.8 Å². The first-order chi connectivity index (χ1) is 8.50. The quantitative estimate of drug-likeness (QED) is 0.381. The fourth-order valence-corrected chi connectivity index (χ4v) is 4.12. The maximum absolute atomic E-state index is 13.8. The molecule has 0 bridgehead atoms. The number of hydrogen-bond donors (Lipinski definition) is 0. The molecule has 1 atom stereocenters. The van der Waals surface area contributed by atoms with Gasteiger partial charge in [-0.1, -0.05) is 18.2 Å². The van der Waals surface area contributed by atoms with Gasteiger partial charge in [0.15, 0.2) is 9.40 Å². The molecular weight excluding hydrogens is 264 g/mol. The highest BCUT2D eigenvalue weighted by Crippen LogP contribution is 2.54. The van der Waals surface area contributed by atoms with Crippen molar-refractivity contribution in [3.05, 3.63) is 48.3 Å². The average molecular weight is 271 g/mol. The van der Waals surface area contributed by atoms with E-state index in [0.29, 0.717) is 5.39 Å². The Morgan fingerprint density at radius 1 is 0.833 bits per heavy atom. The van der Waals surface area contributed by atoms with Crippen LogP contribution < -0.4 is 0 Å². The molecule has 0 spiro atoms. The van der Waals surface area contributed by atoms with Gasteiger partial charge >= 0.3 is 5.51 Å². The van der Waals surface area contributed by atoms with E-state index in [1.807, 2.05) is 0 Å². The Bertz CT molecular complexity index is 740. The van der Waals surface area contributed by atoms with Gasteiger partial charge in [0, 0.05) is 0 Å². The molecule has 0 fully saturated rings. The summed E-state index contributed by atoms with van der Waals surface area (Å²) >= 11 is 0. The van der Waals surface area contributed by atoms with Crippen molar-refractivity contribution in [2.45, 2.75) is 5.51 Å². The van der Waals surface area contributed by atoms with Crippen molar-refractivity contribution in [3.63, 3.8) is 0 Å². The van der Waals surface area contributed by atoms with Crippen molar-refractivity contribution in [2.75, 3.05) is 0 Å². The lowest BCUT2D eigenvalue weighted by atomic mass is 10.1. The summed E-state index contributed by atoms with van der Waals surface area (Å²) in [5, 5.41) is 0.444. The number of hydrogen-bond acceptors (Lipinski definition) is 0. The zero-order valence-electron chi connectivity index (χ0n) is 8.96. The molecule has 0 N–H and O–H groups in total. The monoisotopic (exact) mass is 271 g/mol. The first-order valence-corrected chi connectivity index (χ1v) is 6.41. The third-order valence-electron chi connectivity index (χ3n) is 2.80. The van der Waals surface area contributed by atoms with Crippen LogP contribution in [0.2, 0.25) is 0 Å². The molecule has 0 nitrogen and oxygen atoms in total. The second-order valence-electron chi connectivity index (χ2n) is 3.86. The van der Waals surface area contributed by atoms with Crippen molar-refractivity contribution in [1.29, 1.82) is 0 Å². The van der Waals surface area contributed by atoms with Crippen LogP contribution >= 0.6 is 10.5 Å². The minimum atomic E-state index is -4.38. The normalized spacial score (nSPS) is 13.4. The molecule has 1 heterocycles. The highest BCUT2D eigenvalue weighted by Gasteiger charge is 2.47. The van der Waals surface area contributed by atoms with E-state index in [-0.39, 0.29) is 14.8 Å². The Morgan fingerprint density at radius 3 is 2.22 bits per heavy atom. The van der Waals surface area contributed by atoms with Crippen LogP contribution in [0.5, 0.6) is 0 Å². The van der Waals surface area contributed by atoms with Crippen LogP contribution in [0.4, 0.5) is 17.6 Å². The number of benzene rings is 2. The van der Waals surface area contributed by atoms with Crippen molar-refractivity contribution < 1.29 is 17.6 Å². The van der Waals surface area contributed by atoms with Crippen LogP contribution in [-0.4, -0.2) is 0 Å². The van der Waals surface area contributed by atoms with Gasteiger partial charge in [-0.15, -0.1) is 13.2 Å². The summed E-state index contributed by atoms with van der Waals surface area (Å²) < 4.78 is 53.4. The second kappa shape index (κ2) is 3.68. The molecule has 1 unspecified atom stereocenters. The van der Waals surface area contributed by atoms with Crippen molar-refractivity contribution in [1.82, 2.24) is 0 Å². The molecule has 0 radical (unpaired) electrons. The lowest BCUT2D eigenvalue weighted by Gasteiger charge is -1.96. The van der Waals surface area contributed by atoms with E-state index >= 15 is 0 Å². The summed E-state index contributed by atoms with van der Waals surface area (Å²) in [6.45, 7) is 0. The van der Waals surface area contributed by atoms with Crippen LogP contribution in [0.3, 0.4) is 0 Å². The molecule has 0 aliphatic carbocycles. The molecule has 3 rings (SSSR count). The molecule has 3 aromatic rings. The third kappa shape index (κ3) is 1.50. The predicted octanol–water partition coefficient (Wildman–Crippen LogP) is 5.36. The molecule has 1 aromatic heterocycles. The maximum atomic E-state index is 13.8.